The van der Waals surface area contributed by atoms with Crippen molar-refractivity contribution >= 4 is 17.4 Å². The van der Waals surface area contributed by atoms with Gasteiger partial charge in [0.2, 0.25) is 0 Å². The van der Waals surface area contributed by atoms with Gasteiger partial charge in [-0.05, 0) is 29.1 Å². The Bertz CT molecular complexity index is 232. The van der Waals surface area contributed by atoms with Crippen molar-refractivity contribution in [3.63, 3.8) is 0 Å². The van der Waals surface area contributed by atoms with Gasteiger partial charge < -0.3 is 0 Å². The average Bonchev–Trinajstić information content (AvgIpc) is 2.07. The van der Waals surface area contributed by atoms with Crippen molar-refractivity contribution in [2.45, 2.75) is 5.75 Å². The summed E-state index contributed by atoms with van der Waals surface area (Å²) in [6.45, 7) is 0. The van der Waals surface area contributed by atoms with Crippen LogP contribution in [0.3, 0.4) is 0 Å². The van der Waals surface area contributed by atoms with Gasteiger partial charge in [0.15, 0.2) is 0 Å². The van der Waals surface area contributed by atoms with Crippen LogP contribution in [0.2, 0.25) is 0 Å². The van der Waals surface area contributed by atoms with E-state index in [1.54, 1.807) is 23.9 Å². The van der Waals surface area contributed by atoms with Crippen LogP contribution in [0.15, 0.2) is 29.4 Å². The Morgan fingerprint density at radius 3 is 2.45 bits per heavy atom. The van der Waals surface area contributed by atoms with E-state index in [1.807, 2.05) is 18.4 Å². The molecule has 0 radical (unpaired) electrons. The number of rotatable bonds is 3. The Morgan fingerprint density at radius 2 is 2.00 bits per heavy atom. The molecule has 0 aliphatic carbocycles. The van der Waals surface area contributed by atoms with Gasteiger partial charge in [-0.2, -0.15) is 11.8 Å². The molecule has 2 nitrogen and oxygen atoms in total. The Morgan fingerprint density at radius 1 is 1.36 bits per heavy atom. The number of thioether (sulfide) groups is 1. The van der Waals surface area contributed by atoms with Gasteiger partial charge in [0.25, 0.3) is 0 Å². The van der Waals surface area contributed by atoms with Crippen LogP contribution in [-0.4, -0.2) is 6.26 Å². The minimum absolute atomic E-state index is 0.495. The molecule has 0 amide bonds. The first-order chi connectivity index (χ1) is 5.36. The van der Waals surface area contributed by atoms with E-state index in [0.717, 1.165) is 5.75 Å². The van der Waals surface area contributed by atoms with Gasteiger partial charge in [-0.1, -0.05) is 12.1 Å². The normalized spacial score (nSPS) is 9.55. The molecule has 0 unspecified atom stereocenters. The van der Waals surface area contributed by atoms with E-state index in [4.69, 9.17) is 0 Å². The molecule has 11 heavy (non-hydrogen) atoms. The average molecular weight is 167 g/mol. The van der Waals surface area contributed by atoms with Crippen molar-refractivity contribution in [2.24, 2.45) is 5.18 Å². The lowest BCUT2D eigenvalue weighted by Crippen LogP contribution is -1.76. The second-order valence-corrected chi connectivity index (χ2v) is 3.06. The smallest absolute Gasteiger partial charge is 0.108 e. The molecule has 0 aromatic heterocycles. The highest BCUT2D eigenvalue weighted by Gasteiger charge is 1.91. The first kappa shape index (κ1) is 8.27. The van der Waals surface area contributed by atoms with E-state index in [1.165, 1.54) is 5.56 Å². The minimum Gasteiger partial charge on any atom is -0.161 e. The Labute approximate surface area is 70.0 Å². The van der Waals surface area contributed by atoms with Crippen LogP contribution in [0, 0.1) is 4.91 Å². The molecule has 0 saturated heterocycles. The Hall–Kier alpha value is -0.830. The number of benzene rings is 1. The first-order valence-electron chi connectivity index (χ1n) is 3.28. The van der Waals surface area contributed by atoms with Crippen LogP contribution in [0.1, 0.15) is 5.56 Å². The summed E-state index contributed by atoms with van der Waals surface area (Å²) in [7, 11) is 0. The van der Waals surface area contributed by atoms with E-state index in [9.17, 15) is 4.91 Å². The molecule has 0 fully saturated rings. The van der Waals surface area contributed by atoms with Gasteiger partial charge in [-0.15, -0.1) is 4.91 Å². The zero-order valence-electron chi connectivity index (χ0n) is 6.28. The standard InChI is InChI=1S/C8H9NOS/c1-11-6-7-2-4-8(9-10)5-3-7/h2-5H,6H2,1H3. The SMILES string of the molecule is CSCc1ccc(N=O)cc1. The van der Waals surface area contributed by atoms with Crippen molar-refractivity contribution in [3.05, 3.63) is 34.7 Å². The second-order valence-electron chi connectivity index (χ2n) is 2.19. The molecule has 0 heterocycles. The predicted octanol–water partition coefficient (Wildman–Crippen LogP) is 2.95. The first-order valence-corrected chi connectivity index (χ1v) is 4.67. The summed E-state index contributed by atoms with van der Waals surface area (Å²) in [5, 5.41) is 2.81. The van der Waals surface area contributed by atoms with Gasteiger partial charge in [-0.25, -0.2) is 0 Å². The summed E-state index contributed by atoms with van der Waals surface area (Å²) in [6.07, 6.45) is 2.05. The maximum atomic E-state index is 10.0. The molecule has 0 atom stereocenters. The number of nitroso groups, excluding NO2 is 1. The van der Waals surface area contributed by atoms with Gasteiger partial charge in [0.1, 0.15) is 5.69 Å². The Kier molecular flexibility index (Phi) is 3.11. The lowest BCUT2D eigenvalue weighted by Gasteiger charge is -1.95. The van der Waals surface area contributed by atoms with Crippen molar-refractivity contribution in [1.82, 2.24) is 0 Å². The van der Waals surface area contributed by atoms with Crippen molar-refractivity contribution in [3.8, 4) is 0 Å². The molecule has 0 saturated carbocycles. The van der Waals surface area contributed by atoms with E-state index < -0.39 is 0 Å². The topological polar surface area (TPSA) is 29.4 Å². The van der Waals surface area contributed by atoms with Crippen LogP contribution in [0.4, 0.5) is 5.69 Å². The van der Waals surface area contributed by atoms with Gasteiger partial charge in [0, 0.05) is 5.75 Å². The predicted molar refractivity (Wildman–Crippen MR) is 49.1 cm³/mol. The number of hydrogen-bond acceptors (Lipinski definition) is 3. The summed E-state index contributed by atoms with van der Waals surface area (Å²) < 4.78 is 0. The lowest BCUT2D eigenvalue weighted by atomic mass is 10.2. The zero-order valence-corrected chi connectivity index (χ0v) is 7.10. The molecule has 3 heteroatoms. The molecule has 0 spiro atoms. The molecule has 1 aromatic rings. The fraction of sp³-hybridized carbons (Fsp3) is 0.250. The summed E-state index contributed by atoms with van der Waals surface area (Å²) in [4.78, 5) is 10.0. The summed E-state index contributed by atoms with van der Waals surface area (Å²) in [5.74, 6) is 0.985. The van der Waals surface area contributed by atoms with Gasteiger partial charge in [-0.3, -0.25) is 0 Å². The molecule has 0 aliphatic rings. The monoisotopic (exact) mass is 167 g/mol. The molecular weight excluding hydrogens is 158 g/mol. The quantitative estimate of drug-likeness (QED) is 0.648. The maximum Gasteiger partial charge on any atom is 0.108 e. The van der Waals surface area contributed by atoms with Crippen LogP contribution in [0.5, 0.6) is 0 Å². The third-order valence-corrected chi connectivity index (χ3v) is 1.97. The Balaban J connectivity index is 2.74. The maximum absolute atomic E-state index is 10.0. The summed E-state index contributed by atoms with van der Waals surface area (Å²) >= 11 is 1.76. The van der Waals surface area contributed by atoms with Crippen LogP contribution >= 0.6 is 11.8 Å². The highest BCUT2D eigenvalue weighted by atomic mass is 32.2. The number of nitrogens with zero attached hydrogens (tertiary/aromatic N) is 1. The van der Waals surface area contributed by atoms with Crippen molar-refractivity contribution in [1.29, 1.82) is 0 Å². The highest BCUT2D eigenvalue weighted by molar-refractivity contribution is 7.97. The van der Waals surface area contributed by atoms with E-state index in [2.05, 4.69) is 5.18 Å². The largest absolute Gasteiger partial charge is 0.161 e. The molecule has 1 aromatic carbocycles. The van der Waals surface area contributed by atoms with Crippen molar-refractivity contribution in [2.75, 3.05) is 6.26 Å². The van der Waals surface area contributed by atoms with E-state index in [0.29, 0.717) is 5.69 Å². The van der Waals surface area contributed by atoms with Crippen LogP contribution < -0.4 is 0 Å². The molecular formula is C8H9NOS. The molecule has 0 aliphatic heterocycles. The fourth-order valence-electron chi connectivity index (χ4n) is 0.820. The van der Waals surface area contributed by atoms with Gasteiger partial charge >= 0.3 is 0 Å². The second kappa shape index (κ2) is 4.13. The summed E-state index contributed by atoms with van der Waals surface area (Å²) in [6, 6.07) is 7.32. The van der Waals surface area contributed by atoms with E-state index in [-0.39, 0.29) is 0 Å². The molecule has 58 valence electrons. The van der Waals surface area contributed by atoms with Crippen LogP contribution in [0.25, 0.3) is 0 Å². The van der Waals surface area contributed by atoms with E-state index >= 15 is 0 Å². The lowest BCUT2D eigenvalue weighted by molar-refractivity contribution is 1.39. The number of hydrogen-bond donors (Lipinski definition) is 0. The van der Waals surface area contributed by atoms with Crippen LogP contribution in [-0.2, 0) is 5.75 Å². The fourth-order valence-corrected chi connectivity index (χ4v) is 1.35. The molecule has 0 bridgehead atoms. The zero-order chi connectivity index (χ0) is 8.10. The highest BCUT2D eigenvalue weighted by Crippen LogP contribution is 2.15. The van der Waals surface area contributed by atoms with Gasteiger partial charge in [0.05, 0.1) is 0 Å². The summed E-state index contributed by atoms with van der Waals surface area (Å²) in [5.41, 5.74) is 1.72. The molecule has 1 rings (SSSR count). The third kappa shape index (κ3) is 2.35. The van der Waals surface area contributed by atoms with Crippen molar-refractivity contribution < 1.29 is 0 Å². The third-order valence-electron chi connectivity index (χ3n) is 1.35. The molecule has 0 N–H and O–H groups in total. The minimum atomic E-state index is 0.495.